The van der Waals surface area contributed by atoms with E-state index in [1.54, 1.807) is 15.9 Å². The monoisotopic (exact) mass is 637 g/mol. The molecule has 0 radical (unpaired) electrons. The lowest BCUT2D eigenvalue weighted by molar-refractivity contribution is -0.138. The maximum Gasteiger partial charge on any atom is 0.409 e. The van der Waals surface area contributed by atoms with Crippen LogP contribution in [0.1, 0.15) is 62.4 Å². The van der Waals surface area contributed by atoms with Gasteiger partial charge in [-0.15, -0.1) is 0 Å². The summed E-state index contributed by atoms with van der Waals surface area (Å²) in [5.41, 5.74) is 1.43. The number of carbonyl (C=O) groups is 4. The minimum absolute atomic E-state index is 0.0727. The smallest absolute Gasteiger partial charge is 0.409 e. The molecule has 2 aliphatic heterocycles. The van der Waals surface area contributed by atoms with Crippen molar-refractivity contribution in [3.05, 3.63) is 48.2 Å². The number of nitrogens with zero attached hydrogens (tertiary/aromatic N) is 4. The Bertz CT molecular complexity index is 1310. The van der Waals surface area contributed by atoms with Gasteiger partial charge in [-0.05, 0) is 51.7 Å². The van der Waals surface area contributed by atoms with E-state index in [1.165, 1.54) is 0 Å². The maximum absolute atomic E-state index is 13.6. The van der Waals surface area contributed by atoms with E-state index in [0.29, 0.717) is 30.6 Å². The van der Waals surface area contributed by atoms with Gasteiger partial charge in [0.15, 0.2) is 0 Å². The Morgan fingerprint density at radius 2 is 1.67 bits per heavy atom. The molecule has 12 heteroatoms. The van der Waals surface area contributed by atoms with Gasteiger partial charge in [0, 0.05) is 50.3 Å². The lowest BCUT2D eigenvalue weighted by Crippen LogP contribution is -2.56. The van der Waals surface area contributed by atoms with Gasteiger partial charge in [-0.2, -0.15) is 0 Å². The van der Waals surface area contributed by atoms with Crippen molar-refractivity contribution in [2.24, 2.45) is 5.92 Å². The number of carboxylic acid groups (broad SMARTS) is 1. The lowest BCUT2D eigenvalue weighted by atomic mass is 9.98. The highest BCUT2D eigenvalue weighted by atomic mass is 16.6. The molecule has 0 saturated carbocycles. The summed E-state index contributed by atoms with van der Waals surface area (Å²) < 4.78 is 11.5. The summed E-state index contributed by atoms with van der Waals surface area (Å²) in [4.78, 5) is 61.1. The van der Waals surface area contributed by atoms with Gasteiger partial charge in [0.25, 0.3) is 5.91 Å². The molecule has 2 fully saturated rings. The van der Waals surface area contributed by atoms with Crippen LogP contribution >= 0.6 is 0 Å². The number of hydrogen-bond acceptors (Lipinski definition) is 8. The number of rotatable bonds is 14. The number of aliphatic carboxylic acids is 1. The minimum atomic E-state index is -1.08. The molecule has 2 aromatic rings. The summed E-state index contributed by atoms with van der Waals surface area (Å²) >= 11 is 0. The predicted octanol–water partition coefficient (Wildman–Crippen LogP) is 3.90. The first kappa shape index (κ1) is 34.7. The average molecular weight is 638 g/mol. The van der Waals surface area contributed by atoms with Crippen LogP contribution < -0.4 is 10.1 Å². The number of hydrogen-bond donors (Lipinski definition) is 2. The van der Waals surface area contributed by atoms with Gasteiger partial charge >= 0.3 is 12.1 Å². The SMILES string of the molecule is CCCCCOC(=O)N1CCN(C(=O)[C@H](CCC(=O)O)NC(=O)c2cc(OCC3CCN(C)CC3)cc(-c3ccccc3)n2)CC1. The number of carbonyl (C=O) groups excluding carboxylic acids is 3. The lowest BCUT2D eigenvalue weighted by Gasteiger charge is -2.36. The zero-order chi connectivity index (χ0) is 32.9. The van der Waals surface area contributed by atoms with Crippen molar-refractivity contribution in [1.29, 1.82) is 0 Å². The topological polar surface area (TPSA) is 142 Å². The van der Waals surface area contributed by atoms with Crippen molar-refractivity contribution < 1.29 is 33.8 Å². The second kappa shape index (κ2) is 17.5. The second-order valence-electron chi connectivity index (χ2n) is 12.1. The van der Waals surface area contributed by atoms with E-state index in [2.05, 4.69) is 29.2 Å². The molecule has 0 aliphatic carbocycles. The summed E-state index contributed by atoms with van der Waals surface area (Å²) in [7, 11) is 2.11. The van der Waals surface area contributed by atoms with Crippen LogP contribution in [-0.2, 0) is 14.3 Å². The molecular formula is C34H47N5O7. The van der Waals surface area contributed by atoms with Crippen LogP contribution in [0.15, 0.2) is 42.5 Å². The molecule has 1 atom stereocenters. The van der Waals surface area contributed by atoms with Gasteiger partial charge in [-0.1, -0.05) is 50.1 Å². The van der Waals surface area contributed by atoms with Gasteiger partial charge in [0.2, 0.25) is 5.91 Å². The number of carboxylic acids is 1. The predicted molar refractivity (Wildman–Crippen MR) is 173 cm³/mol. The highest BCUT2D eigenvalue weighted by Crippen LogP contribution is 2.25. The average Bonchev–Trinajstić information content (AvgIpc) is 3.08. The molecule has 4 rings (SSSR count). The summed E-state index contributed by atoms with van der Waals surface area (Å²) in [6.07, 6.45) is 4.08. The molecule has 3 amide bonds. The maximum atomic E-state index is 13.6. The molecule has 3 heterocycles. The Hall–Kier alpha value is -4.19. The Morgan fingerprint density at radius 1 is 0.978 bits per heavy atom. The number of aromatic nitrogens is 1. The molecule has 250 valence electrons. The molecular weight excluding hydrogens is 590 g/mol. The van der Waals surface area contributed by atoms with Crippen molar-refractivity contribution in [2.45, 2.75) is 57.9 Å². The number of nitrogens with one attached hydrogen (secondary N) is 1. The number of unbranched alkanes of at least 4 members (excludes halogenated alkanes) is 2. The van der Waals surface area contributed by atoms with E-state index in [1.807, 2.05) is 36.4 Å². The fourth-order valence-corrected chi connectivity index (χ4v) is 5.59. The summed E-state index contributed by atoms with van der Waals surface area (Å²) in [5, 5.41) is 12.1. The number of amides is 3. The quantitative estimate of drug-likeness (QED) is 0.295. The van der Waals surface area contributed by atoms with E-state index < -0.39 is 29.9 Å². The molecule has 12 nitrogen and oxygen atoms in total. The number of ether oxygens (including phenoxy) is 2. The number of piperazine rings is 1. The highest BCUT2D eigenvalue weighted by Gasteiger charge is 2.31. The fraction of sp³-hybridized carbons (Fsp3) is 0.559. The first-order chi connectivity index (χ1) is 22.2. The van der Waals surface area contributed by atoms with Crippen LogP contribution in [0, 0.1) is 5.92 Å². The molecule has 1 aromatic carbocycles. The highest BCUT2D eigenvalue weighted by molar-refractivity contribution is 5.97. The first-order valence-electron chi connectivity index (χ1n) is 16.4. The molecule has 0 spiro atoms. The Morgan fingerprint density at radius 3 is 2.35 bits per heavy atom. The van der Waals surface area contributed by atoms with Crippen molar-refractivity contribution >= 4 is 23.9 Å². The third-order valence-corrected chi connectivity index (χ3v) is 8.50. The van der Waals surface area contributed by atoms with Gasteiger partial charge in [-0.3, -0.25) is 14.4 Å². The number of benzene rings is 1. The van der Waals surface area contributed by atoms with Gasteiger partial charge in [0.1, 0.15) is 17.5 Å². The fourth-order valence-electron chi connectivity index (χ4n) is 5.59. The van der Waals surface area contributed by atoms with Crippen molar-refractivity contribution in [3.63, 3.8) is 0 Å². The van der Waals surface area contributed by atoms with Crippen LogP contribution in [0.25, 0.3) is 11.3 Å². The third-order valence-electron chi connectivity index (χ3n) is 8.50. The summed E-state index contributed by atoms with van der Waals surface area (Å²) in [6.45, 7) is 6.05. The van der Waals surface area contributed by atoms with E-state index in [4.69, 9.17) is 9.47 Å². The van der Waals surface area contributed by atoms with Crippen LogP contribution in [0.2, 0.25) is 0 Å². The van der Waals surface area contributed by atoms with Crippen LogP contribution in [0.3, 0.4) is 0 Å². The standard InChI is InChI=1S/C34H47N5O7/c1-3-4-8-21-45-34(44)39-19-17-38(18-20-39)33(43)28(11-12-31(40)41)36-32(42)30-23-27(46-24-25-13-15-37(2)16-14-25)22-29(35-30)26-9-6-5-7-10-26/h5-7,9-10,22-23,25,28H,3-4,8,11-21,24H2,1-2H3,(H,36,42)(H,40,41)/t28-/m0/s1. The van der Waals surface area contributed by atoms with Crippen molar-refractivity contribution in [3.8, 4) is 17.0 Å². The minimum Gasteiger partial charge on any atom is -0.493 e. The number of piperidine rings is 1. The molecule has 2 aliphatic rings. The molecule has 46 heavy (non-hydrogen) atoms. The van der Waals surface area contributed by atoms with Crippen molar-refractivity contribution in [2.75, 3.05) is 59.5 Å². The van der Waals surface area contributed by atoms with Gasteiger partial charge < -0.3 is 34.6 Å². The molecule has 0 unspecified atom stereocenters. The largest absolute Gasteiger partial charge is 0.493 e. The van der Waals surface area contributed by atoms with E-state index >= 15 is 0 Å². The number of pyridine rings is 1. The van der Waals surface area contributed by atoms with Gasteiger partial charge in [-0.25, -0.2) is 9.78 Å². The van der Waals surface area contributed by atoms with Crippen LogP contribution in [0.4, 0.5) is 4.79 Å². The zero-order valence-electron chi connectivity index (χ0n) is 27.0. The van der Waals surface area contributed by atoms with E-state index in [0.717, 1.165) is 50.8 Å². The number of likely N-dealkylation sites (tertiary alicyclic amines) is 1. The van der Waals surface area contributed by atoms with Crippen molar-refractivity contribution in [1.82, 2.24) is 25.0 Å². The van der Waals surface area contributed by atoms with Crippen LogP contribution in [0.5, 0.6) is 5.75 Å². The summed E-state index contributed by atoms with van der Waals surface area (Å²) in [5.74, 6) is -1.16. The van der Waals surface area contributed by atoms with Gasteiger partial charge in [0.05, 0.1) is 18.9 Å². The second-order valence-corrected chi connectivity index (χ2v) is 12.1. The Balaban J connectivity index is 1.44. The van der Waals surface area contributed by atoms with E-state index in [9.17, 15) is 24.3 Å². The van der Waals surface area contributed by atoms with E-state index in [-0.39, 0.29) is 44.7 Å². The molecule has 2 saturated heterocycles. The first-order valence-corrected chi connectivity index (χ1v) is 16.4. The summed E-state index contributed by atoms with van der Waals surface area (Å²) in [6, 6.07) is 11.7. The zero-order valence-corrected chi connectivity index (χ0v) is 27.0. The Labute approximate surface area is 271 Å². The molecule has 1 aromatic heterocycles. The molecule has 0 bridgehead atoms. The third kappa shape index (κ3) is 10.4. The Kier molecular flexibility index (Phi) is 13.2. The normalized spacial score (nSPS) is 16.5. The molecule has 2 N–H and O–H groups in total. The van der Waals surface area contributed by atoms with Crippen LogP contribution in [-0.4, -0.2) is 114 Å².